The quantitative estimate of drug-likeness (QED) is 0.933. The van der Waals surface area contributed by atoms with Crippen molar-refractivity contribution in [2.45, 2.75) is 56.9 Å². The van der Waals surface area contributed by atoms with Crippen LogP contribution in [0.1, 0.15) is 66.9 Å². The van der Waals surface area contributed by atoms with Crippen molar-refractivity contribution in [3.8, 4) is 5.69 Å². The van der Waals surface area contributed by atoms with Crippen molar-refractivity contribution in [3.63, 3.8) is 0 Å². The molecule has 4 nitrogen and oxygen atoms in total. The van der Waals surface area contributed by atoms with Gasteiger partial charge in [-0.15, -0.1) is 0 Å². The van der Waals surface area contributed by atoms with Gasteiger partial charge in [-0.25, -0.2) is 4.68 Å². The first kappa shape index (κ1) is 14.5. The maximum atomic E-state index is 12.7. The Balaban J connectivity index is 1.61. The van der Waals surface area contributed by atoms with E-state index in [1.54, 1.807) is 6.20 Å². The number of hydrogen-bond acceptors (Lipinski definition) is 2. The molecule has 1 amide bonds. The van der Waals surface area contributed by atoms with Crippen molar-refractivity contribution in [3.05, 3.63) is 47.8 Å². The molecular formula is C19H23N3O. The molecule has 23 heavy (non-hydrogen) atoms. The normalized spacial score (nSPS) is 18.8. The van der Waals surface area contributed by atoms with Crippen LogP contribution in [-0.4, -0.2) is 21.7 Å². The molecule has 2 saturated carbocycles. The number of aromatic nitrogens is 2. The number of rotatable bonds is 4. The highest BCUT2D eigenvalue weighted by atomic mass is 16.1. The van der Waals surface area contributed by atoms with E-state index in [1.165, 1.54) is 19.3 Å². The number of para-hydroxylation sites is 1. The van der Waals surface area contributed by atoms with Gasteiger partial charge < -0.3 is 5.32 Å². The number of benzene rings is 1. The third kappa shape index (κ3) is 3.03. The summed E-state index contributed by atoms with van der Waals surface area (Å²) in [4.78, 5) is 12.7. The van der Waals surface area contributed by atoms with Crippen LogP contribution >= 0.6 is 0 Å². The Labute approximate surface area is 136 Å². The first-order valence-electron chi connectivity index (χ1n) is 8.77. The molecule has 0 spiro atoms. The number of amides is 1. The van der Waals surface area contributed by atoms with Crippen LogP contribution in [0.3, 0.4) is 0 Å². The smallest absolute Gasteiger partial charge is 0.255 e. The van der Waals surface area contributed by atoms with E-state index < -0.39 is 0 Å². The van der Waals surface area contributed by atoms with Gasteiger partial charge in [0, 0.05) is 12.0 Å². The van der Waals surface area contributed by atoms with Gasteiger partial charge in [0.15, 0.2) is 0 Å². The highest BCUT2D eigenvalue weighted by Crippen LogP contribution is 2.42. The van der Waals surface area contributed by atoms with Crippen LogP contribution in [0, 0.1) is 0 Å². The van der Waals surface area contributed by atoms with Crippen molar-refractivity contribution >= 4 is 5.91 Å². The molecule has 0 atom stereocenters. The summed E-state index contributed by atoms with van der Waals surface area (Å²) < 4.78 is 1.95. The second-order valence-electron chi connectivity index (χ2n) is 6.77. The Morgan fingerprint density at radius 2 is 1.78 bits per heavy atom. The number of hydrogen-bond donors (Lipinski definition) is 1. The maximum absolute atomic E-state index is 12.7. The van der Waals surface area contributed by atoms with Gasteiger partial charge in [-0.2, -0.15) is 5.10 Å². The van der Waals surface area contributed by atoms with E-state index in [0.717, 1.165) is 42.6 Å². The molecule has 4 heteroatoms. The molecule has 2 aliphatic rings. The van der Waals surface area contributed by atoms with Crippen molar-refractivity contribution in [1.29, 1.82) is 0 Å². The molecule has 120 valence electrons. The van der Waals surface area contributed by atoms with Gasteiger partial charge in [0.2, 0.25) is 0 Å². The predicted octanol–water partition coefficient (Wildman–Crippen LogP) is 3.81. The molecule has 1 aromatic carbocycles. The van der Waals surface area contributed by atoms with E-state index in [9.17, 15) is 4.79 Å². The maximum Gasteiger partial charge on any atom is 0.255 e. The van der Waals surface area contributed by atoms with Crippen molar-refractivity contribution in [2.24, 2.45) is 0 Å². The molecule has 1 heterocycles. The second kappa shape index (κ2) is 6.19. The molecule has 0 aliphatic heterocycles. The Bertz CT molecular complexity index is 682. The number of carbonyl (C=O) groups excluding carboxylic acids is 1. The molecule has 0 saturated heterocycles. The largest absolute Gasteiger partial charge is 0.349 e. The van der Waals surface area contributed by atoms with Crippen LogP contribution in [0.5, 0.6) is 0 Å². The van der Waals surface area contributed by atoms with Crippen LogP contribution < -0.4 is 5.32 Å². The Hall–Kier alpha value is -2.10. The fourth-order valence-electron chi connectivity index (χ4n) is 3.57. The summed E-state index contributed by atoms with van der Waals surface area (Å²) in [6, 6.07) is 10.4. The molecule has 0 radical (unpaired) electrons. The Kier molecular flexibility index (Phi) is 3.90. The van der Waals surface area contributed by atoms with Gasteiger partial charge in [0.1, 0.15) is 0 Å². The van der Waals surface area contributed by atoms with E-state index in [1.807, 2.05) is 35.0 Å². The van der Waals surface area contributed by atoms with Gasteiger partial charge in [-0.3, -0.25) is 4.79 Å². The summed E-state index contributed by atoms with van der Waals surface area (Å²) >= 11 is 0. The first-order valence-corrected chi connectivity index (χ1v) is 8.77. The molecule has 1 aromatic heterocycles. The van der Waals surface area contributed by atoms with Gasteiger partial charge in [-0.1, -0.05) is 37.5 Å². The lowest BCUT2D eigenvalue weighted by Gasteiger charge is -2.22. The molecule has 4 rings (SSSR count). The lowest BCUT2D eigenvalue weighted by atomic mass is 9.95. The van der Waals surface area contributed by atoms with E-state index in [-0.39, 0.29) is 5.91 Å². The third-order valence-electron chi connectivity index (χ3n) is 4.96. The van der Waals surface area contributed by atoms with E-state index in [4.69, 9.17) is 0 Å². The molecule has 1 N–H and O–H groups in total. The van der Waals surface area contributed by atoms with Crippen molar-refractivity contribution < 1.29 is 4.79 Å². The van der Waals surface area contributed by atoms with Crippen LogP contribution in [0.15, 0.2) is 36.5 Å². The summed E-state index contributed by atoms with van der Waals surface area (Å²) in [5.74, 6) is 0.533. The minimum absolute atomic E-state index is 0.0565. The average molecular weight is 309 g/mol. The monoisotopic (exact) mass is 309 g/mol. The predicted molar refractivity (Wildman–Crippen MR) is 89.9 cm³/mol. The molecule has 2 fully saturated rings. The van der Waals surface area contributed by atoms with Gasteiger partial charge in [-0.05, 0) is 37.8 Å². The minimum atomic E-state index is 0.0565. The average Bonchev–Trinajstić information content (AvgIpc) is 3.34. The summed E-state index contributed by atoms with van der Waals surface area (Å²) in [5, 5.41) is 7.75. The second-order valence-corrected chi connectivity index (χ2v) is 6.77. The summed E-state index contributed by atoms with van der Waals surface area (Å²) in [5.41, 5.74) is 2.89. The van der Waals surface area contributed by atoms with Crippen molar-refractivity contribution in [1.82, 2.24) is 15.1 Å². The minimum Gasteiger partial charge on any atom is -0.349 e. The third-order valence-corrected chi connectivity index (χ3v) is 4.96. The Morgan fingerprint density at radius 3 is 2.48 bits per heavy atom. The zero-order valence-corrected chi connectivity index (χ0v) is 13.4. The first-order chi connectivity index (χ1) is 11.3. The highest BCUT2D eigenvalue weighted by Gasteiger charge is 2.33. The van der Waals surface area contributed by atoms with E-state index in [2.05, 4.69) is 10.4 Å². The lowest BCUT2D eigenvalue weighted by Crippen LogP contribution is -2.36. The topological polar surface area (TPSA) is 46.9 Å². The number of carbonyl (C=O) groups is 1. The van der Waals surface area contributed by atoms with Crippen LogP contribution in [0.25, 0.3) is 5.69 Å². The summed E-state index contributed by atoms with van der Waals surface area (Å²) in [6.07, 6.45) is 10.0. The zero-order chi connectivity index (χ0) is 15.6. The lowest BCUT2D eigenvalue weighted by molar-refractivity contribution is 0.0926. The van der Waals surface area contributed by atoms with Gasteiger partial charge >= 0.3 is 0 Å². The molecule has 2 aromatic rings. The zero-order valence-electron chi connectivity index (χ0n) is 13.4. The van der Waals surface area contributed by atoms with Crippen LogP contribution in [0.4, 0.5) is 0 Å². The van der Waals surface area contributed by atoms with Crippen LogP contribution in [-0.2, 0) is 0 Å². The van der Waals surface area contributed by atoms with Gasteiger partial charge in [0.05, 0.1) is 23.1 Å². The Morgan fingerprint density at radius 1 is 1.04 bits per heavy atom. The standard InChI is InChI=1S/C19H23N3O/c23-19(21-15-7-3-1-4-8-15)17-13-20-22(18(17)14-11-12-14)16-9-5-2-6-10-16/h2,5-6,9-10,13-15H,1,3-4,7-8,11-12H2,(H,21,23). The SMILES string of the molecule is O=C(NC1CCCCC1)c1cnn(-c2ccccc2)c1C1CC1. The van der Waals surface area contributed by atoms with E-state index in [0.29, 0.717) is 12.0 Å². The molecule has 2 aliphatic carbocycles. The van der Waals surface area contributed by atoms with Crippen LogP contribution in [0.2, 0.25) is 0 Å². The molecule has 0 unspecified atom stereocenters. The summed E-state index contributed by atoms with van der Waals surface area (Å²) in [6.45, 7) is 0. The van der Waals surface area contributed by atoms with Crippen molar-refractivity contribution in [2.75, 3.05) is 0 Å². The molecular weight excluding hydrogens is 286 g/mol. The fourth-order valence-corrected chi connectivity index (χ4v) is 3.57. The van der Waals surface area contributed by atoms with E-state index >= 15 is 0 Å². The van der Waals surface area contributed by atoms with Gasteiger partial charge in [0.25, 0.3) is 5.91 Å². The fraction of sp³-hybridized carbons (Fsp3) is 0.474. The molecule has 0 bridgehead atoms. The number of nitrogens with one attached hydrogen (secondary N) is 1. The highest BCUT2D eigenvalue weighted by molar-refractivity contribution is 5.95. The summed E-state index contributed by atoms with van der Waals surface area (Å²) in [7, 11) is 0. The number of nitrogens with zero attached hydrogens (tertiary/aromatic N) is 2.